The second kappa shape index (κ2) is 6.56. The number of nitrogens with zero attached hydrogens (tertiary/aromatic N) is 2. The van der Waals surface area contributed by atoms with Crippen LogP contribution in [0.1, 0.15) is 23.2 Å². The number of esters is 1. The zero-order chi connectivity index (χ0) is 18.0. The quantitative estimate of drug-likeness (QED) is 0.686. The lowest BCUT2D eigenvalue weighted by Crippen LogP contribution is -2.30. The third kappa shape index (κ3) is 3.39. The van der Waals surface area contributed by atoms with Crippen LogP contribution in [0.5, 0.6) is 0 Å². The Balaban J connectivity index is 1.77. The molecule has 0 spiro atoms. The van der Waals surface area contributed by atoms with Crippen molar-refractivity contribution in [3.8, 4) is 0 Å². The van der Waals surface area contributed by atoms with Gasteiger partial charge in [0.05, 0.1) is 5.39 Å². The SMILES string of the molecule is Cc1cc(NC(=O)C(C)OC(=O)c2n[nH]c(=O)c3ccccc23)no1. The number of hydrogen-bond acceptors (Lipinski definition) is 7. The highest BCUT2D eigenvalue weighted by Crippen LogP contribution is 2.14. The molecule has 1 aromatic carbocycles. The van der Waals surface area contributed by atoms with Crippen molar-refractivity contribution in [2.75, 3.05) is 5.32 Å². The number of aromatic amines is 1. The van der Waals surface area contributed by atoms with E-state index in [-0.39, 0.29) is 11.5 Å². The molecule has 1 amide bonds. The minimum absolute atomic E-state index is 0.0767. The Kier molecular flexibility index (Phi) is 4.29. The average molecular weight is 342 g/mol. The maximum atomic E-state index is 12.3. The van der Waals surface area contributed by atoms with Crippen molar-refractivity contribution in [3.63, 3.8) is 0 Å². The summed E-state index contributed by atoms with van der Waals surface area (Å²) in [5, 5.41) is 12.7. The van der Waals surface area contributed by atoms with Gasteiger partial charge in [0.1, 0.15) is 5.76 Å². The molecule has 2 heterocycles. The van der Waals surface area contributed by atoms with Gasteiger partial charge in [-0.15, -0.1) is 0 Å². The summed E-state index contributed by atoms with van der Waals surface area (Å²) in [6.45, 7) is 3.09. The number of ether oxygens (including phenoxy) is 1. The number of rotatable bonds is 4. The fourth-order valence-corrected chi connectivity index (χ4v) is 2.19. The van der Waals surface area contributed by atoms with Gasteiger partial charge in [0.2, 0.25) is 0 Å². The number of nitrogens with one attached hydrogen (secondary N) is 2. The molecule has 3 rings (SSSR count). The number of H-pyrrole nitrogens is 1. The number of carbonyl (C=O) groups is 2. The number of anilines is 1. The molecule has 2 N–H and O–H groups in total. The Hall–Kier alpha value is -3.49. The Morgan fingerprint density at radius 2 is 2.00 bits per heavy atom. The molecule has 0 fully saturated rings. The van der Waals surface area contributed by atoms with Gasteiger partial charge in [0, 0.05) is 11.5 Å². The van der Waals surface area contributed by atoms with Crippen LogP contribution in [-0.2, 0) is 9.53 Å². The van der Waals surface area contributed by atoms with Gasteiger partial charge in [0.25, 0.3) is 11.5 Å². The van der Waals surface area contributed by atoms with Crippen LogP contribution >= 0.6 is 0 Å². The number of hydrogen-bond donors (Lipinski definition) is 2. The van der Waals surface area contributed by atoms with Gasteiger partial charge in [-0.1, -0.05) is 23.4 Å². The van der Waals surface area contributed by atoms with Crippen molar-refractivity contribution >= 4 is 28.5 Å². The summed E-state index contributed by atoms with van der Waals surface area (Å²) < 4.78 is 9.97. The minimum Gasteiger partial charge on any atom is -0.448 e. The lowest BCUT2D eigenvalue weighted by Gasteiger charge is -2.12. The van der Waals surface area contributed by atoms with Crippen molar-refractivity contribution in [2.24, 2.45) is 0 Å². The van der Waals surface area contributed by atoms with E-state index >= 15 is 0 Å². The summed E-state index contributed by atoms with van der Waals surface area (Å²) in [6, 6.07) is 8.02. The molecule has 9 nitrogen and oxygen atoms in total. The molecular weight excluding hydrogens is 328 g/mol. The largest absolute Gasteiger partial charge is 0.448 e. The van der Waals surface area contributed by atoms with E-state index in [4.69, 9.17) is 9.26 Å². The molecule has 0 aliphatic heterocycles. The van der Waals surface area contributed by atoms with Crippen LogP contribution in [0.15, 0.2) is 39.6 Å². The van der Waals surface area contributed by atoms with E-state index in [1.165, 1.54) is 13.0 Å². The van der Waals surface area contributed by atoms with Crippen molar-refractivity contribution in [2.45, 2.75) is 20.0 Å². The van der Waals surface area contributed by atoms with Gasteiger partial charge >= 0.3 is 5.97 Å². The highest BCUT2D eigenvalue weighted by molar-refractivity contribution is 6.03. The number of aryl methyl sites for hydroxylation is 1. The van der Waals surface area contributed by atoms with Gasteiger partial charge in [-0.05, 0) is 19.9 Å². The third-order valence-corrected chi connectivity index (χ3v) is 3.42. The van der Waals surface area contributed by atoms with Gasteiger partial charge in [-0.2, -0.15) is 5.10 Å². The average Bonchev–Trinajstić information content (AvgIpc) is 3.00. The monoisotopic (exact) mass is 342 g/mol. The lowest BCUT2D eigenvalue weighted by molar-refractivity contribution is -0.123. The van der Waals surface area contributed by atoms with E-state index in [1.807, 2.05) is 0 Å². The van der Waals surface area contributed by atoms with Crippen LogP contribution in [0.2, 0.25) is 0 Å². The number of fused-ring (bicyclic) bond motifs is 1. The summed E-state index contributed by atoms with van der Waals surface area (Å²) in [5.41, 5.74) is -0.494. The summed E-state index contributed by atoms with van der Waals surface area (Å²) >= 11 is 0. The van der Waals surface area contributed by atoms with Gasteiger partial charge in [-0.25, -0.2) is 9.89 Å². The molecule has 0 aliphatic rings. The first kappa shape index (κ1) is 16.4. The molecule has 1 atom stereocenters. The van der Waals surface area contributed by atoms with E-state index in [0.29, 0.717) is 16.5 Å². The summed E-state index contributed by atoms with van der Waals surface area (Å²) in [5.74, 6) is -0.649. The first-order chi connectivity index (χ1) is 12.0. The van der Waals surface area contributed by atoms with Crippen LogP contribution in [0, 0.1) is 6.92 Å². The molecule has 9 heteroatoms. The van der Waals surface area contributed by atoms with Crippen molar-refractivity contribution in [1.82, 2.24) is 15.4 Å². The van der Waals surface area contributed by atoms with Crippen LogP contribution in [0.3, 0.4) is 0 Å². The third-order valence-electron chi connectivity index (χ3n) is 3.42. The Morgan fingerprint density at radius 1 is 1.28 bits per heavy atom. The predicted octanol–water partition coefficient (Wildman–Crippen LogP) is 1.40. The zero-order valence-electron chi connectivity index (χ0n) is 13.4. The molecule has 0 radical (unpaired) electrons. The van der Waals surface area contributed by atoms with Crippen LogP contribution in [-0.4, -0.2) is 33.3 Å². The zero-order valence-corrected chi connectivity index (χ0v) is 13.4. The van der Waals surface area contributed by atoms with E-state index < -0.39 is 23.5 Å². The predicted molar refractivity (Wildman–Crippen MR) is 87.1 cm³/mol. The van der Waals surface area contributed by atoms with Crippen molar-refractivity contribution in [3.05, 3.63) is 52.1 Å². The second-order valence-electron chi connectivity index (χ2n) is 5.31. The molecule has 2 aromatic heterocycles. The molecule has 0 bridgehead atoms. The molecular formula is C16H14N4O5. The summed E-state index contributed by atoms with van der Waals surface area (Å²) in [6.07, 6.45) is -1.10. The molecule has 0 saturated carbocycles. The number of benzene rings is 1. The van der Waals surface area contributed by atoms with E-state index in [0.717, 1.165) is 0 Å². The molecule has 25 heavy (non-hydrogen) atoms. The van der Waals surface area contributed by atoms with E-state index in [2.05, 4.69) is 20.7 Å². The lowest BCUT2D eigenvalue weighted by atomic mass is 10.1. The fourth-order valence-electron chi connectivity index (χ4n) is 2.19. The number of aromatic nitrogens is 3. The standard InChI is InChI=1S/C16H14N4O5/c1-8-7-12(20-25-8)17-14(21)9(2)24-16(23)13-10-5-3-4-6-11(10)15(22)19-18-13/h3-7,9H,1-2H3,(H,19,22)(H,17,20,21). The Labute approximate surface area is 141 Å². The van der Waals surface area contributed by atoms with E-state index in [1.54, 1.807) is 31.2 Å². The molecule has 0 saturated heterocycles. The fraction of sp³-hybridized carbons (Fsp3) is 0.188. The van der Waals surface area contributed by atoms with Gasteiger partial charge < -0.3 is 14.6 Å². The highest BCUT2D eigenvalue weighted by atomic mass is 16.5. The van der Waals surface area contributed by atoms with Crippen LogP contribution in [0.25, 0.3) is 10.8 Å². The van der Waals surface area contributed by atoms with Gasteiger partial charge in [0.15, 0.2) is 17.6 Å². The second-order valence-corrected chi connectivity index (χ2v) is 5.31. The molecule has 3 aromatic rings. The maximum absolute atomic E-state index is 12.3. The van der Waals surface area contributed by atoms with E-state index in [9.17, 15) is 14.4 Å². The topological polar surface area (TPSA) is 127 Å². The maximum Gasteiger partial charge on any atom is 0.360 e. The Bertz CT molecular complexity index is 1010. The van der Waals surface area contributed by atoms with Crippen molar-refractivity contribution in [1.29, 1.82) is 0 Å². The van der Waals surface area contributed by atoms with Crippen molar-refractivity contribution < 1.29 is 18.8 Å². The number of carbonyl (C=O) groups excluding carboxylic acids is 2. The Morgan fingerprint density at radius 3 is 2.68 bits per heavy atom. The number of amides is 1. The normalized spacial score (nSPS) is 11.9. The smallest absolute Gasteiger partial charge is 0.360 e. The molecule has 128 valence electrons. The minimum atomic E-state index is -1.10. The van der Waals surface area contributed by atoms with Crippen LogP contribution in [0.4, 0.5) is 5.82 Å². The first-order valence-corrected chi connectivity index (χ1v) is 7.38. The molecule has 1 unspecified atom stereocenters. The summed E-state index contributed by atoms with van der Waals surface area (Å²) in [4.78, 5) is 36.1. The first-order valence-electron chi connectivity index (χ1n) is 7.38. The summed E-state index contributed by atoms with van der Waals surface area (Å²) in [7, 11) is 0. The van der Waals surface area contributed by atoms with Crippen LogP contribution < -0.4 is 10.9 Å². The molecule has 0 aliphatic carbocycles. The highest BCUT2D eigenvalue weighted by Gasteiger charge is 2.22. The van der Waals surface area contributed by atoms with Gasteiger partial charge in [-0.3, -0.25) is 9.59 Å².